The van der Waals surface area contributed by atoms with E-state index in [2.05, 4.69) is 16.9 Å². The third-order valence-electron chi connectivity index (χ3n) is 9.13. The van der Waals surface area contributed by atoms with E-state index in [4.69, 9.17) is 32.7 Å². The molecule has 2 bridgehead atoms. The molecule has 10 nitrogen and oxygen atoms in total. The molecular weight excluding hydrogens is 660 g/mol. The highest BCUT2D eigenvalue weighted by molar-refractivity contribution is 6.40. The number of carboxylic acid groups (broad SMARTS) is 1. The summed E-state index contributed by atoms with van der Waals surface area (Å²) in [5.41, 5.74) is 4.45. The number of ether oxygens (including phenoxy) is 2. The molecule has 1 amide bonds. The van der Waals surface area contributed by atoms with Crippen LogP contribution in [0.4, 0.5) is 4.39 Å². The van der Waals surface area contributed by atoms with E-state index in [9.17, 15) is 19.1 Å². The summed E-state index contributed by atoms with van der Waals surface area (Å²) in [5.74, 6) is -1.24. The molecule has 0 spiro atoms. The molecule has 13 heteroatoms. The van der Waals surface area contributed by atoms with Gasteiger partial charge in [-0.1, -0.05) is 65.3 Å². The van der Waals surface area contributed by atoms with Crippen molar-refractivity contribution in [3.63, 3.8) is 0 Å². The minimum atomic E-state index is -1.19. The lowest BCUT2D eigenvalue weighted by Gasteiger charge is -2.38. The van der Waals surface area contributed by atoms with Crippen molar-refractivity contribution in [1.82, 2.24) is 24.8 Å². The minimum absolute atomic E-state index is 0.0269. The van der Waals surface area contributed by atoms with Gasteiger partial charge in [-0.15, -0.1) is 5.10 Å². The number of aliphatic carboxylic acids is 1. The van der Waals surface area contributed by atoms with Crippen LogP contribution in [-0.4, -0.2) is 73.8 Å². The van der Waals surface area contributed by atoms with Gasteiger partial charge < -0.3 is 24.4 Å². The molecule has 2 saturated heterocycles. The molecule has 1 aromatic heterocycles. The summed E-state index contributed by atoms with van der Waals surface area (Å²) < 4.78 is 28.1. The van der Waals surface area contributed by atoms with E-state index in [0.717, 1.165) is 23.9 Å². The van der Waals surface area contributed by atoms with E-state index in [0.29, 0.717) is 53.2 Å². The Morgan fingerprint density at radius 3 is 2.48 bits per heavy atom. The number of rotatable bonds is 7. The number of aryl methyl sites for hydroxylation is 1. The van der Waals surface area contributed by atoms with Crippen LogP contribution in [0.2, 0.25) is 10.0 Å². The lowest BCUT2D eigenvalue weighted by molar-refractivity contribution is -0.132. The predicted octanol–water partition coefficient (Wildman–Crippen LogP) is 6.63. The lowest BCUT2D eigenvalue weighted by atomic mass is 9.98. The van der Waals surface area contributed by atoms with Crippen LogP contribution in [0, 0.1) is 0 Å². The molecule has 4 aromatic rings. The molecule has 2 atom stereocenters. The second-order valence-electron chi connectivity index (χ2n) is 12.0. The highest BCUT2D eigenvalue weighted by Crippen LogP contribution is 2.40. The second kappa shape index (κ2) is 12.7. The average Bonchev–Trinajstić information content (AvgIpc) is 3.58. The highest BCUT2D eigenvalue weighted by Gasteiger charge is 2.40. The zero-order valence-corrected chi connectivity index (χ0v) is 27.3. The molecule has 7 rings (SSSR count). The van der Waals surface area contributed by atoms with Crippen LogP contribution in [-0.2, 0) is 23.1 Å². The molecule has 4 heterocycles. The van der Waals surface area contributed by atoms with Gasteiger partial charge in [-0.3, -0.25) is 4.79 Å². The number of nitrogens with zero attached hydrogens (tertiary/aromatic N) is 5. The van der Waals surface area contributed by atoms with E-state index in [-0.39, 0.29) is 52.1 Å². The van der Waals surface area contributed by atoms with Crippen LogP contribution in [0.25, 0.3) is 27.7 Å². The number of carbonyl (C=O) groups excluding carboxylic acids is 1. The summed E-state index contributed by atoms with van der Waals surface area (Å²) in [6.45, 7) is 4.70. The maximum Gasteiger partial charge on any atom is 0.337 e. The van der Waals surface area contributed by atoms with Crippen LogP contribution < -0.4 is 4.74 Å². The van der Waals surface area contributed by atoms with E-state index >= 15 is 0 Å². The summed E-state index contributed by atoms with van der Waals surface area (Å²) in [6.07, 6.45) is 3.61. The molecule has 0 radical (unpaired) electrons. The van der Waals surface area contributed by atoms with Crippen molar-refractivity contribution in [2.24, 2.45) is 7.05 Å². The summed E-state index contributed by atoms with van der Waals surface area (Å²) in [7, 11) is 1.80. The maximum absolute atomic E-state index is 14.7. The van der Waals surface area contributed by atoms with Crippen LogP contribution in [0.15, 0.2) is 78.8 Å². The molecule has 48 heavy (non-hydrogen) atoms. The molecule has 0 saturated carbocycles. The van der Waals surface area contributed by atoms with Crippen LogP contribution in [0.1, 0.15) is 34.3 Å². The third kappa shape index (κ3) is 5.51. The fourth-order valence-corrected chi connectivity index (χ4v) is 7.43. The number of amides is 1. The zero-order chi connectivity index (χ0) is 33.7. The van der Waals surface area contributed by atoms with Gasteiger partial charge in [-0.25, -0.2) is 13.9 Å². The van der Waals surface area contributed by atoms with Gasteiger partial charge in [0, 0.05) is 29.3 Å². The number of halogens is 3. The van der Waals surface area contributed by atoms with Crippen molar-refractivity contribution >= 4 is 51.7 Å². The topological polar surface area (TPSA) is 110 Å². The largest absolute Gasteiger partial charge is 0.478 e. The molecular formula is C35H30Cl2FN5O5. The van der Waals surface area contributed by atoms with Gasteiger partial charge in [-0.2, -0.15) is 0 Å². The Labute approximate surface area is 285 Å². The number of fused-ring (bicyclic) bond motifs is 4. The van der Waals surface area contributed by atoms with Crippen LogP contribution in [0.5, 0.6) is 5.75 Å². The third-order valence-corrected chi connectivity index (χ3v) is 9.72. The Bertz CT molecular complexity index is 2020. The van der Waals surface area contributed by atoms with Gasteiger partial charge in [0.1, 0.15) is 11.3 Å². The fourth-order valence-electron chi connectivity index (χ4n) is 6.78. The van der Waals surface area contributed by atoms with Gasteiger partial charge in [0.2, 0.25) is 0 Å². The van der Waals surface area contributed by atoms with E-state index in [1.807, 2.05) is 23.1 Å². The van der Waals surface area contributed by atoms with Gasteiger partial charge in [0.15, 0.2) is 6.73 Å². The zero-order valence-electron chi connectivity index (χ0n) is 25.8. The van der Waals surface area contributed by atoms with Crippen molar-refractivity contribution in [3.8, 4) is 16.9 Å². The first kappa shape index (κ1) is 31.9. The van der Waals surface area contributed by atoms with Gasteiger partial charge in [-0.05, 0) is 42.7 Å². The van der Waals surface area contributed by atoms with Gasteiger partial charge >= 0.3 is 5.97 Å². The van der Waals surface area contributed by atoms with Crippen molar-refractivity contribution < 1.29 is 28.6 Å². The summed E-state index contributed by atoms with van der Waals surface area (Å²) >= 11 is 13.4. The number of hydrogen-bond donors (Lipinski definition) is 1. The Hall–Kier alpha value is -4.71. The fraction of sp³-hybridized carbons (Fsp3) is 0.257. The monoisotopic (exact) mass is 689 g/mol. The molecule has 3 aliphatic rings. The number of para-hydroxylation sites is 1. The normalized spacial score (nSPS) is 19.3. The van der Waals surface area contributed by atoms with Gasteiger partial charge in [0.25, 0.3) is 5.91 Å². The summed E-state index contributed by atoms with van der Waals surface area (Å²) in [4.78, 5) is 29.3. The maximum atomic E-state index is 14.7. The van der Waals surface area contributed by atoms with E-state index in [1.165, 1.54) is 11.0 Å². The second-order valence-corrected chi connectivity index (χ2v) is 12.8. The molecule has 2 fully saturated rings. The number of benzene rings is 3. The first-order chi connectivity index (χ1) is 23.2. The highest BCUT2D eigenvalue weighted by atomic mass is 35.5. The van der Waals surface area contributed by atoms with Gasteiger partial charge in [0.05, 0.1) is 70.6 Å². The molecule has 3 aliphatic heterocycles. The number of aromatic nitrogens is 3. The van der Waals surface area contributed by atoms with Crippen LogP contribution in [0.3, 0.4) is 0 Å². The Balaban J connectivity index is 1.17. The standard InChI is InChI=1S/C35H30Cl2FN5O5/c1-19(35(45)46)30(43-23-9-10-24(43)17-47-16-23)13-22(14-38)26-7-3-5-20-15-42(18-48-33(20)26)34(44)31-27(36)11-21(12-28(31)37)25-6-4-8-29-32(25)39-40-41(29)2/h3-8,11-14,23-24H,1,9-10,15-18H2,2H3,(H,45,46)/b22-14-,30-13+. The summed E-state index contributed by atoms with van der Waals surface area (Å²) in [5, 5.41) is 18.5. The lowest BCUT2D eigenvalue weighted by Crippen LogP contribution is -2.45. The Morgan fingerprint density at radius 2 is 1.79 bits per heavy atom. The average molecular weight is 691 g/mol. The predicted molar refractivity (Wildman–Crippen MR) is 179 cm³/mol. The quantitative estimate of drug-likeness (QED) is 0.170. The number of hydrogen-bond acceptors (Lipinski definition) is 7. The van der Waals surface area contributed by atoms with Crippen LogP contribution >= 0.6 is 23.2 Å². The number of morpholine rings is 1. The first-order valence-electron chi connectivity index (χ1n) is 15.3. The molecule has 3 aromatic carbocycles. The number of carbonyl (C=O) groups is 2. The summed E-state index contributed by atoms with van der Waals surface area (Å²) in [6, 6.07) is 14.2. The van der Waals surface area contributed by atoms with E-state index in [1.54, 1.807) is 42.1 Å². The SMILES string of the molecule is C=C(C(=O)O)/C(=C\C(=C\F)c1cccc2c1OCN(C(=O)c1c(Cl)cc(-c3cccc4c3nnn4C)cc1Cl)C2)N1C2CCC1COC2. The van der Waals surface area contributed by atoms with Crippen molar-refractivity contribution in [1.29, 1.82) is 0 Å². The van der Waals surface area contributed by atoms with E-state index < -0.39 is 11.9 Å². The first-order valence-corrected chi connectivity index (χ1v) is 16.0. The number of carboxylic acids is 1. The molecule has 0 aliphatic carbocycles. The minimum Gasteiger partial charge on any atom is -0.478 e. The van der Waals surface area contributed by atoms with Crippen molar-refractivity contribution in [2.75, 3.05) is 19.9 Å². The Morgan fingerprint density at radius 1 is 1.08 bits per heavy atom. The Kier molecular flexibility index (Phi) is 8.44. The molecule has 246 valence electrons. The van der Waals surface area contributed by atoms with Crippen molar-refractivity contribution in [2.45, 2.75) is 31.5 Å². The van der Waals surface area contributed by atoms with Crippen molar-refractivity contribution in [3.05, 3.63) is 106 Å². The number of allylic oxidation sites excluding steroid dienone is 2. The molecule has 1 N–H and O–H groups in total. The molecule has 2 unspecified atom stereocenters. The smallest absolute Gasteiger partial charge is 0.337 e.